The number of aliphatic hydroxyl groups excluding tert-OH is 1. The van der Waals surface area contributed by atoms with Crippen molar-refractivity contribution in [1.82, 2.24) is 0 Å². The van der Waals surface area contributed by atoms with Gasteiger partial charge in [0.2, 0.25) is 11.2 Å². The molecule has 1 saturated carbocycles. The van der Waals surface area contributed by atoms with Crippen LogP contribution in [-0.2, 0) is 6.61 Å². The number of ether oxygens (including phenoxy) is 1. The van der Waals surface area contributed by atoms with Gasteiger partial charge in [0.15, 0.2) is 0 Å². The molecule has 0 atom stereocenters. The van der Waals surface area contributed by atoms with Crippen LogP contribution in [0.4, 0.5) is 0 Å². The molecule has 0 unspecified atom stereocenters. The molecule has 1 aliphatic carbocycles. The first-order chi connectivity index (χ1) is 8.29. The summed E-state index contributed by atoms with van der Waals surface area (Å²) in [6.45, 7) is 0.321. The maximum atomic E-state index is 11.6. The molecule has 0 spiro atoms. The molecule has 1 aliphatic rings. The Labute approximate surface area is 100 Å². The van der Waals surface area contributed by atoms with E-state index in [0.717, 1.165) is 0 Å². The monoisotopic (exact) mass is 238 g/mol. The second-order valence-electron chi connectivity index (χ2n) is 4.55. The van der Waals surface area contributed by atoms with Crippen LogP contribution in [-0.4, -0.2) is 11.7 Å². The fourth-order valence-corrected chi connectivity index (χ4v) is 2.19. The molecular formula is C13H18O4. The maximum absolute atomic E-state index is 11.6. The third-order valence-electron chi connectivity index (χ3n) is 3.21. The van der Waals surface area contributed by atoms with Crippen molar-refractivity contribution >= 4 is 0 Å². The first-order valence-corrected chi connectivity index (χ1v) is 6.15. The van der Waals surface area contributed by atoms with E-state index in [9.17, 15) is 4.79 Å². The van der Waals surface area contributed by atoms with E-state index in [-0.39, 0.29) is 23.5 Å². The third-order valence-corrected chi connectivity index (χ3v) is 3.21. The number of hydrogen-bond acceptors (Lipinski definition) is 4. The summed E-state index contributed by atoms with van der Waals surface area (Å²) in [7, 11) is 0. The molecule has 0 amide bonds. The van der Waals surface area contributed by atoms with Crippen LogP contribution in [0.3, 0.4) is 0 Å². The van der Waals surface area contributed by atoms with E-state index < -0.39 is 0 Å². The molecular weight excluding hydrogens is 220 g/mol. The Morgan fingerprint density at radius 3 is 2.76 bits per heavy atom. The lowest BCUT2D eigenvalue weighted by Gasteiger charge is -2.21. The van der Waals surface area contributed by atoms with Crippen molar-refractivity contribution in [3.63, 3.8) is 0 Å². The van der Waals surface area contributed by atoms with Gasteiger partial charge >= 0.3 is 0 Å². The first-order valence-electron chi connectivity index (χ1n) is 6.15. The zero-order chi connectivity index (χ0) is 12.1. The Kier molecular flexibility index (Phi) is 4.20. The molecule has 1 aromatic heterocycles. The number of rotatable bonds is 4. The van der Waals surface area contributed by atoms with Gasteiger partial charge in [0, 0.05) is 6.07 Å². The molecule has 1 heterocycles. The normalized spacial score (nSPS) is 17.0. The molecule has 4 nitrogen and oxygen atoms in total. The molecule has 0 aromatic carbocycles. The predicted octanol–water partition coefficient (Wildman–Crippen LogP) is 2.09. The second-order valence-corrected chi connectivity index (χ2v) is 4.55. The Morgan fingerprint density at radius 1 is 1.35 bits per heavy atom. The SMILES string of the molecule is O=c1cc(CO)occ1OCC1CCCCC1. The molecule has 0 aliphatic heterocycles. The van der Waals surface area contributed by atoms with Crippen molar-refractivity contribution in [2.75, 3.05) is 6.61 Å². The number of aliphatic hydroxyl groups is 1. The maximum Gasteiger partial charge on any atom is 0.227 e. The van der Waals surface area contributed by atoms with Crippen molar-refractivity contribution in [2.24, 2.45) is 5.92 Å². The summed E-state index contributed by atoms with van der Waals surface area (Å²) >= 11 is 0. The Balaban J connectivity index is 1.92. The molecule has 1 aromatic rings. The minimum Gasteiger partial charge on any atom is -0.486 e. The lowest BCUT2D eigenvalue weighted by molar-refractivity contribution is 0.198. The predicted molar refractivity (Wildman–Crippen MR) is 63.0 cm³/mol. The van der Waals surface area contributed by atoms with Crippen LogP contribution < -0.4 is 10.2 Å². The molecule has 1 N–H and O–H groups in total. The summed E-state index contributed by atoms with van der Waals surface area (Å²) in [5.41, 5.74) is -0.226. The average molecular weight is 238 g/mol. The van der Waals surface area contributed by atoms with E-state index in [2.05, 4.69) is 0 Å². The molecule has 0 bridgehead atoms. The van der Waals surface area contributed by atoms with Gasteiger partial charge in [0.25, 0.3) is 0 Å². The lowest BCUT2D eigenvalue weighted by atomic mass is 9.90. The number of hydrogen-bond donors (Lipinski definition) is 1. The second kappa shape index (κ2) is 5.87. The van der Waals surface area contributed by atoms with Gasteiger partial charge in [-0.1, -0.05) is 19.3 Å². The van der Waals surface area contributed by atoms with Crippen LogP contribution in [0.15, 0.2) is 21.5 Å². The summed E-state index contributed by atoms with van der Waals surface area (Å²) < 4.78 is 10.5. The van der Waals surface area contributed by atoms with Crippen LogP contribution in [0.25, 0.3) is 0 Å². The highest BCUT2D eigenvalue weighted by Gasteiger charge is 2.15. The smallest absolute Gasteiger partial charge is 0.227 e. The minimum atomic E-state index is -0.266. The largest absolute Gasteiger partial charge is 0.486 e. The van der Waals surface area contributed by atoms with E-state index in [1.54, 1.807) is 0 Å². The van der Waals surface area contributed by atoms with Crippen molar-refractivity contribution in [3.8, 4) is 5.75 Å². The molecule has 4 heteroatoms. The molecule has 0 radical (unpaired) electrons. The summed E-state index contributed by atoms with van der Waals surface area (Å²) in [6.07, 6.45) is 7.47. The highest BCUT2D eigenvalue weighted by molar-refractivity contribution is 5.17. The van der Waals surface area contributed by atoms with E-state index >= 15 is 0 Å². The summed E-state index contributed by atoms with van der Waals surface area (Å²) in [4.78, 5) is 11.6. The van der Waals surface area contributed by atoms with E-state index in [1.165, 1.54) is 44.4 Å². The Morgan fingerprint density at radius 2 is 2.12 bits per heavy atom. The summed E-state index contributed by atoms with van der Waals surface area (Å²) in [5, 5.41) is 8.81. The van der Waals surface area contributed by atoms with Gasteiger partial charge in [0.1, 0.15) is 18.6 Å². The van der Waals surface area contributed by atoms with Crippen LogP contribution in [0.1, 0.15) is 37.9 Å². The molecule has 0 saturated heterocycles. The first kappa shape index (κ1) is 12.2. The van der Waals surface area contributed by atoms with Gasteiger partial charge in [-0.25, -0.2) is 0 Å². The van der Waals surface area contributed by atoms with E-state index in [0.29, 0.717) is 12.5 Å². The van der Waals surface area contributed by atoms with Gasteiger partial charge in [-0.3, -0.25) is 4.79 Å². The summed E-state index contributed by atoms with van der Waals surface area (Å²) in [6, 6.07) is 1.27. The fourth-order valence-electron chi connectivity index (χ4n) is 2.19. The zero-order valence-electron chi connectivity index (χ0n) is 9.85. The van der Waals surface area contributed by atoms with Crippen LogP contribution in [0.5, 0.6) is 5.75 Å². The van der Waals surface area contributed by atoms with Crippen molar-refractivity contribution in [3.05, 3.63) is 28.3 Å². The third kappa shape index (κ3) is 3.33. The zero-order valence-corrected chi connectivity index (χ0v) is 9.85. The van der Waals surface area contributed by atoms with E-state index in [1.807, 2.05) is 0 Å². The highest BCUT2D eigenvalue weighted by Crippen LogP contribution is 2.24. The molecule has 2 rings (SSSR count). The van der Waals surface area contributed by atoms with Gasteiger partial charge in [-0.15, -0.1) is 0 Å². The Bertz CT molecular complexity index is 404. The van der Waals surface area contributed by atoms with Crippen molar-refractivity contribution < 1.29 is 14.3 Å². The van der Waals surface area contributed by atoms with Gasteiger partial charge in [-0.05, 0) is 18.8 Å². The molecule has 17 heavy (non-hydrogen) atoms. The van der Waals surface area contributed by atoms with Gasteiger partial charge in [-0.2, -0.15) is 0 Å². The standard InChI is InChI=1S/C13H18O4/c14-7-11-6-12(15)13(9-16-11)17-8-10-4-2-1-3-5-10/h6,9-10,14H,1-5,7-8H2. The minimum absolute atomic E-state index is 0.226. The fraction of sp³-hybridized carbons (Fsp3) is 0.615. The van der Waals surface area contributed by atoms with Crippen LogP contribution in [0, 0.1) is 5.92 Å². The van der Waals surface area contributed by atoms with Crippen molar-refractivity contribution in [1.29, 1.82) is 0 Å². The van der Waals surface area contributed by atoms with Crippen LogP contribution in [0.2, 0.25) is 0 Å². The van der Waals surface area contributed by atoms with Crippen LogP contribution >= 0.6 is 0 Å². The van der Waals surface area contributed by atoms with Gasteiger partial charge < -0.3 is 14.3 Å². The summed E-state index contributed by atoms with van der Waals surface area (Å²) in [5.74, 6) is 1.06. The van der Waals surface area contributed by atoms with Gasteiger partial charge in [0.05, 0.1) is 6.61 Å². The van der Waals surface area contributed by atoms with E-state index in [4.69, 9.17) is 14.3 Å². The molecule has 1 fully saturated rings. The average Bonchev–Trinajstić information content (AvgIpc) is 2.38. The quantitative estimate of drug-likeness (QED) is 0.872. The Hall–Kier alpha value is -1.29. The highest BCUT2D eigenvalue weighted by atomic mass is 16.5. The lowest BCUT2D eigenvalue weighted by Crippen LogP contribution is -2.18. The van der Waals surface area contributed by atoms with Crippen molar-refractivity contribution in [2.45, 2.75) is 38.7 Å². The topological polar surface area (TPSA) is 59.7 Å². The molecule has 94 valence electrons.